The maximum atomic E-state index is 3.84. The van der Waals surface area contributed by atoms with Crippen LogP contribution >= 0.6 is 11.8 Å². The van der Waals surface area contributed by atoms with E-state index < -0.39 is 0 Å². The number of piperazine rings is 1. The zero-order chi connectivity index (χ0) is 14.3. The molecule has 1 aliphatic rings. The van der Waals surface area contributed by atoms with Gasteiger partial charge in [-0.3, -0.25) is 4.90 Å². The maximum Gasteiger partial charge on any atom is 0.0329 e. The normalized spacial score (nSPS) is 25.4. The molecule has 1 rings (SSSR count). The van der Waals surface area contributed by atoms with Gasteiger partial charge in [-0.25, -0.2) is 0 Å². The number of nitrogens with zero attached hydrogens (tertiary/aromatic N) is 1. The van der Waals surface area contributed by atoms with Gasteiger partial charge in [0.15, 0.2) is 0 Å². The highest BCUT2D eigenvalue weighted by atomic mass is 32.2. The lowest BCUT2D eigenvalue weighted by atomic mass is 9.84. The van der Waals surface area contributed by atoms with Crippen molar-refractivity contribution in [2.45, 2.75) is 65.0 Å². The molecule has 1 saturated heterocycles. The Morgan fingerprint density at radius 3 is 2.53 bits per heavy atom. The fourth-order valence-electron chi connectivity index (χ4n) is 3.27. The SMILES string of the molecule is CCC(C)C1CN(CCCSC)C(CC)(CC)CN1. The Hall–Kier alpha value is 0.270. The van der Waals surface area contributed by atoms with Gasteiger partial charge in [0.2, 0.25) is 0 Å². The molecule has 2 unspecified atom stereocenters. The van der Waals surface area contributed by atoms with Crippen LogP contribution in [0.3, 0.4) is 0 Å². The lowest BCUT2D eigenvalue weighted by Gasteiger charge is -2.51. The molecule has 0 amide bonds. The van der Waals surface area contributed by atoms with Crippen molar-refractivity contribution < 1.29 is 0 Å². The van der Waals surface area contributed by atoms with E-state index in [0.29, 0.717) is 11.6 Å². The fourth-order valence-corrected chi connectivity index (χ4v) is 3.69. The molecule has 114 valence electrons. The molecular formula is C16H34N2S. The lowest BCUT2D eigenvalue weighted by Crippen LogP contribution is -2.65. The van der Waals surface area contributed by atoms with Gasteiger partial charge < -0.3 is 5.32 Å². The Balaban J connectivity index is 2.68. The van der Waals surface area contributed by atoms with Crippen LogP contribution in [0.1, 0.15) is 53.4 Å². The van der Waals surface area contributed by atoms with Crippen LogP contribution in [0.4, 0.5) is 0 Å². The van der Waals surface area contributed by atoms with Gasteiger partial charge >= 0.3 is 0 Å². The molecule has 2 nitrogen and oxygen atoms in total. The summed E-state index contributed by atoms with van der Waals surface area (Å²) in [6, 6.07) is 0.686. The monoisotopic (exact) mass is 286 g/mol. The molecule has 2 atom stereocenters. The molecule has 0 saturated carbocycles. The number of thioether (sulfide) groups is 1. The second-order valence-electron chi connectivity index (χ2n) is 6.10. The first-order valence-corrected chi connectivity index (χ1v) is 9.50. The van der Waals surface area contributed by atoms with E-state index in [1.54, 1.807) is 0 Å². The van der Waals surface area contributed by atoms with Gasteiger partial charge in [0.25, 0.3) is 0 Å². The van der Waals surface area contributed by atoms with Crippen LogP contribution in [0.2, 0.25) is 0 Å². The van der Waals surface area contributed by atoms with E-state index in [1.165, 1.54) is 51.1 Å². The molecule has 0 aromatic carbocycles. The highest BCUT2D eigenvalue weighted by Crippen LogP contribution is 2.29. The summed E-state index contributed by atoms with van der Waals surface area (Å²) in [6.07, 6.45) is 7.36. The minimum Gasteiger partial charge on any atom is -0.311 e. The Labute approximate surface area is 125 Å². The van der Waals surface area contributed by atoms with Crippen LogP contribution in [0, 0.1) is 5.92 Å². The molecule has 0 aromatic heterocycles. The highest BCUT2D eigenvalue weighted by Gasteiger charge is 2.39. The molecule has 1 fully saturated rings. The minimum absolute atomic E-state index is 0.405. The molecule has 19 heavy (non-hydrogen) atoms. The van der Waals surface area contributed by atoms with Gasteiger partial charge in [0, 0.05) is 24.7 Å². The third-order valence-electron chi connectivity index (χ3n) is 5.20. The van der Waals surface area contributed by atoms with Crippen LogP contribution in [0.25, 0.3) is 0 Å². The first-order chi connectivity index (χ1) is 9.13. The van der Waals surface area contributed by atoms with Gasteiger partial charge in [-0.15, -0.1) is 0 Å². The predicted molar refractivity (Wildman–Crippen MR) is 89.1 cm³/mol. The van der Waals surface area contributed by atoms with Crippen LogP contribution in [-0.2, 0) is 0 Å². The maximum absolute atomic E-state index is 3.84. The van der Waals surface area contributed by atoms with Gasteiger partial charge in [-0.05, 0) is 43.7 Å². The zero-order valence-electron chi connectivity index (χ0n) is 13.7. The summed E-state index contributed by atoms with van der Waals surface area (Å²) in [7, 11) is 0. The van der Waals surface area contributed by atoms with E-state index in [1.807, 2.05) is 11.8 Å². The smallest absolute Gasteiger partial charge is 0.0329 e. The van der Waals surface area contributed by atoms with Crippen molar-refractivity contribution in [3.8, 4) is 0 Å². The van der Waals surface area contributed by atoms with E-state index in [0.717, 1.165) is 5.92 Å². The van der Waals surface area contributed by atoms with Gasteiger partial charge in [-0.2, -0.15) is 11.8 Å². The second-order valence-corrected chi connectivity index (χ2v) is 7.08. The molecule has 0 spiro atoms. The first-order valence-electron chi connectivity index (χ1n) is 8.10. The zero-order valence-corrected chi connectivity index (χ0v) is 14.5. The summed E-state index contributed by atoms with van der Waals surface area (Å²) in [6.45, 7) is 13.1. The van der Waals surface area contributed by atoms with E-state index in [4.69, 9.17) is 0 Å². The summed E-state index contributed by atoms with van der Waals surface area (Å²) in [5, 5.41) is 3.84. The van der Waals surface area contributed by atoms with E-state index >= 15 is 0 Å². The van der Waals surface area contributed by atoms with Gasteiger partial charge in [0.1, 0.15) is 0 Å². The van der Waals surface area contributed by atoms with Crippen molar-refractivity contribution in [1.29, 1.82) is 0 Å². The molecule has 1 aliphatic heterocycles. The van der Waals surface area contributed by atoms with Crippen LogP contribution in [0.15, 0.2) is 0 Å². The molecular weight excluding hydrogens is 252 g/mol. The average molecular weight is 287 g/mol. The van der Waals surface area contributed by atoms with Gasteiger partial charge in [0.05, 0.1) is 0 Å². The third-order valence-corrected chi connectivity index (χ3v) is 5.90. The second kappa shape index (κ2) is 8.53. The summed E-state index contributed by atoms with van der Waals surface area (Å²) in [4.78, 5) is 2.80. The largest absolute Gasteiger partial charge is 0.311 e. The Morgan fingerprint density at radius 2 is 2.00 bits per heavy atom. The van der Waals surface area contributed by atoms with Crippen molar-refractivity contribution in [1.82, 2.24) is 10.2 Å². The quantitative estimate of drug-likeness (QED) is 0.686. The van der Waals surface area contributed by atoms with E-state index in [2.05, 4.69) is 44.2 Å². The Kier molecular flexibility index (Phi) is 7.78. The van der Waals surface area contributed by atoms with Crippen LogP contribution < -0.4 is 5.32 Å². The predicted octanol–water partition coefficient (Wildman–Crippen LogP) is 3.62. The van der Waals surface area contributed by atoms with Gasteiger partial charge in [-0.1, -0.05) is 34.1 Å². The van der Waals surface area contributed by atoms with Crippen molar-refractivity contribution in [2.24, 2.45) is 5.92 Å². The standard InChI is InChI=1S/C16H34N2S/c1-6-14(4)15-12-18(10-9-11-19-5)16(7-2,8-3)13-17-15/h14-15,17H,6-13H2,1-5H3. The molecule has 3 heteroatoms. The number of hydrogen-bond acceptors (Lipinski definition) is 3. The molecule has 0 aliphatic carbocycles. The number of nitrogens with one attached hydrogen (secondary N) is 1. The van der Waals surface area contributed by atoms with Crippen molar-refractivity contribution in [2.75, 3.05) is 31.6 Å². The lowest BCUT2D eigenvalue weighted by molar-refractivity contribution is 0.0207. The van der Waals surface area contributed by atoms with Crippen molar-refractivity contribution in [3.63, 3.8) is 0 Å². The van der Waals surface area contributed by atoms with Crippen molar-refractivity contribution in [3.05, 3.63) is 0 Å². The van der Waals surface area contributed by atoms with E-state index in [9.17, 15) is 0 Å². The topological polar surface area (TPSA) is 15.3 Å². The van der Waals surface area contributed by atoms with E-state index in [-0.39, 0.29) is 0 Å². The number of rotatable bonds is 8. The first kappa shape index (κ1) is 17.3. The molecule has 1 N–H and O–H groups in total. The molecule has 1 heterocycles. The molecule has 0 bridgehead atoms. The summed E-state index contributed by atoms with van der Waals surface area (Å²) < 4.78 is 0. The third kappa shape index (κ3) is 4.37. The van der Waals surface area contributed by atoms with Crippen molar-refractivity contribution >= 4 is 11.8 Å². The Bertz CT molecular complexity index is 241. The number of hydrogen-bond donors (Lipinski definition) is 1. The van der Waals surface area contributed by atoms with Crippen LogP contribution in [-0.4, -0.2) is 48.1 Å². The fraction of sp³-hybridized carbons (Fsp3) is 1.00. The highest BCUT2D eigenvalue weighted by molar-refractivity contribution is 7.98. The Morgan fingerprint density at radius 1 is 1.32 bits per heavy atom. The summed E-state index contributed by atoms with van der Waals surface area (Å²) >= 11 is 1.97. The minimum atomic E-state index is 0.405. The average Bonchev–Trinajstić information content (AvgIpc) is 2.46. The van der Waals surface area contributed by atoms with Crippen LogP contribution in [0.5, 0.6) is 0 Å². The summed E-state index contributed by atoms with van der Waals surface area (Å²) in [5.41, 5.74) is 0.405. The molecule has 0 aromatic rings. The molecule has 0 radical (unpaired) electrons. The summed E-state index contributed by atoms with van der Waals surface area (Å²) in [5.74, 6) is 2.08.